The number of aliphatic hydroxyl groups is 1. The number of benzene rings is 2. The van der Waals surface area contributed by atoms with Gasteiger partial charge in [-0.25, -0.2) is 9.37 Å². The number of hydrogen-bond donors (Lipinski definition) is 2. The molecule has 2 aromatic carbocycles. The first kappa shape index (κ1) is 24.8. The number of halogens is 1. The van der Waals surface area contributed by atoms with E-state index in [2.05, 4.69) is 10.3 Å². The van der Waals surface area contributed by atoms with Crippen molar-refractivity contribution < 1.29 is 19.1 Å². The van der Waals surface area contributed by atoms with Gasteiger partial charge >= 0.3 is 0 Å². The minimum absolute atomic E-state index is 0.0711. The number of aromatic nitrogens is 1. The summed E-state index contributed by atoms with van der Waals surface area (Å²) in [7, 11) is 0. The number of amides is 2. The van der Waals surface area contributed by atoms with Crippen LogP contribution in [0.5, 0.6) is 0 Å². The van der Waals surface area contributed by atoms with Crippen LogP contribution in [0.3, 0.4) is 0 Å². The van der Waals surface area contributed by atoms with Crippen molar-refractivity contribution in [2.75, 3.05) is 23.4 Å². The summed E-state index contributed by atoms with van der Waals surface area (Å²) < 4.78 is 14.3. The second-order valence-corrected chi connectivity index (χ2v) is 9.97. The Morgan fingerprint density at radius 3 is 2.73 bits per heavy atom. The second kappa shape index (κ2) is 10.6. The van der Waals surface area contributed by atoms with Crippen molar-refractivity contribution >= 4 is 34.5 Å². The maximum Gasteiger partial charge on any atom is 0.276 e. The average Bonchev–Trinajstić information content (AvgIpc) is 3.28. The minimum Gasteiger partial charge on any atom is -0.396 e. The summed E-state index contributed by atoms with van der Waals surface area (Å²) in [6, 6.07) is 19.6. The van der Waals surface area contributed by atoms with Gasteiger partial charge in [0.25, 0.3) is 11.8 Å². The molecule has 5 rings (SSSR count). The molecule has 0 saturated heterocycles. The Hall–Kier alpha value is -3.88. The van der Waals surface area contributed by atoms with E-state index in [1.807, 2.05) is 42.5 Å². The third-order valence-electron chi connectivity index (χ3n) is 6.40. The molecule has 0 fully saturated rings. The van der Waals surface area contributed by atoms with Gasteiger partial charge in [-0.3, -0.25) is 9.59 Å². The monoisotopic (exact) mass is 515 g/mol. The van der Waals surface area contributed by atoms with Crippen molar-refractivity contribution in [2.24, 2.45) is 0 Å². The lowest BCUT2D eigenvalue weighted by Crippen LogP contribution is -2.33. The highest BCUT2D eigenvalue weighted by Gasteiger charge is 2.28. The van der Waals surface area contributed by atoms with E-state index in [1.54, 1.807) is 30.0 Å². The summed E-state index contributed by atoms with van der Waals surface area (Å²) in [5, 5.41) is 11.8. The highest BCUT2D eigenvalue weighted by molar-refractivity contribution is 7.17. The summed E-state index contributed by atoms with van der Waals surface area (Å²) in [6.07, 6.45) is 1.75. The molecule has 2 amide bonds. The Balaban J connectivity index is 1.45. The fourth-order valence-electron chi connectivity index (χ4n) is 4.52. The first-order chi connectivity index (χ1) is 18.0. The number of pyridine rings is 1. The average molecular weight is 516 g/mol. The van der Waals surface area contributed by atoms with Crippen LogP contribution in [0, 0.1) is 12.7 Å². The van der Waals surface area contributed by atoms with Gasteiger partial charge in [-0.05, 0) is 67.6 Å². The number of thiophene rings is 1. The Kier molecular flexibility index (Phi) is 7.12. The molecule has 0 aliphatic carbocycles. The van der Waals surface area contributed by atoms with Crippen LogP contribution in [0.15, 0.2) is 66.7 Å². The van der Waals surface area contributed by atoms with Gasteiger partial charge in [0.2, 0.25) is 0 Å². The van der Waals surface area contributed by atoms with Gasteiger partial charge in [-0.15, -0.1) is 11.3 Å². The van der Waals surface area contributed by atoms with Gasteiger partial charge in [-0.1, -0.05) is 36.4 Å². The number of para-hydroxylation sites is 2. The molecule has 0 saturated carbocycles. The van der Waals surface area contributed by atoms with E-state index in [4.69, 9.17) is 5.11 Å². The molecule has 3 heterocycles. The van der Waals surface area contributed by atoms with Gasteiger partial charge in [0.1, 0.15) is 11.5 Å². The molecule has 0 spiro atoms. The van der Waals surface area contributed by atoms with Crippen LogP contribution in [0.2, 0.25) is 0 Å². The summed E-state index contributed by atoms with van der Waals surface area (Å²) in [4.78, 5) is 34.3. The summed E-state index contributed by atoms with van der Waals surface area (Å²) in [5.74, 6) is -1.03. The predicted molar refractivity (Wildman–Crippen MR) is 144 cm³/mol. The minimum atomic E-state index is -0.472. The maximum atomic E-state index is 14.3. The van der Waals surface area contributed by atoms with E-state index >= 15 is 0 Å². The standard InChI is InChI=1S/C29H26FN3O3S/c1-18-7-4-11-22(30)26(18)32-28(35)25-17-19-14-15-33(24-13-3-2-10-21(24)27(19)37-25)29(36)23-12-5-8-20(31-23)9-6-16-34/h2-5,7-8,10-13,17,34H,6,9,14-16H2,1H3,(H,32,35). The van der Waals surface area contributed by atoms with Crippen LogP contribution in [0.1, 0.15) is 43.4 Å². The number of nitrogens with zero attached hydrogens (tertiary/aromatic N) is 2. The third kappa shape index (κ3) is 5.03. The molecule has 0 bridgehead atoms. The normalized spacial score (nSPS) is 12.5. The highest BCUT2D eigenvalue weighted by Crippen LogP contribution is 2.42. The van der Waals surface area contributed by atoms with Crippen LogP contribution < -0.4 is 10.2 Å². The lowest BCUT2D eigenvalue weighted by Gasteiger charge is -2.23. The molecule has 0 radical (unpaired) electrons. The van der Waals surface area contributed by atoms with E-state index in [-0.39, 0.29) is 24.1 Å². The van der Waals surface area contributed by atoms with E-state index in [1.165, 1.54) is 17.4 Å². The Morgan fingerprint density at radius 2 is 1.92 bits per heavy atom. The first-order valence-electron chi connectivity index (χ1n) is 12.1. The lowest BCUT2D eigenvalue weighted by atomic mass is 10.1. The van der Waals surface area contributed by atoms with Crippen LogP contribution >= 0.6 is 11.3 Å². The number of carbonyl (C=O) groups excluding carboxylic acids is 2. The fraction of sp³-hybridized carbons (Fsp3) is 0.207. The molecule has 1 aliphatic rings. The smallest absolute Gasteiger partial charge is 0.276 e. The van der Waals surface area contributed by atoms with Crippen LogP contribution in [-0.2, 0) is 12.8 Å². The Morgan fingerprint density at radius 1 is 1.11 bits per heavy atom. The third-order valence-corrected chi connectivity index (χ3v) is 7.61. The second-order valence-electron chi connectivity index (χ2n) is 8.92. The van der Waals surface area contributed by atoms with Gasteiger partial charge in [0.05, 0.1) is 16.3 Å². The van der Waals surface area contributed by atoms with Gasteiger partial charge in [-0.2, -0.15) is 0 Å². The maximum absolute atomic E-state index is 14.3. The van der Waals surface area contributed by atoms with E-state index in [0.717, 1.165) is 27.4 Å². The zero-order valence-corrected chi connectivity index (χ0v) is 21.1. The van der Waals surface area contributed by atoms with Crippen molar-refractivity contribution in [2.45, 2.75) is 26.2 Å². The van der Waals surface area contributed by atoms with Crippen molar-refractivity contribution in [3.63, 3.8) is 0 Å². The quantitative estimate of drug-likeness (QED) is 0.348. The molecular formula is C29H26FN3O3S. The van der Waals surface area contributed by atoms with E-state index < -0.39 is 5.82 Å². The molecule has 8 heteroatoms. The summed E-state index contributed by atoms with van der Waals surface area (Å²) in [6.45, 7) is 2.25. The molecule has 6 nitrogen and oxygen atoms in total. The number of nitrogens with one attached hydrogen (secondary N) is 1. The summed E-state index contributed by atoms with van der Waals surface area (Å²) in [5.41, 5.74) is 4.55. The number of carbonyl (C=O) groups is 2. The lowest BCUT2D eigenvalue weighted by molar-refractivity contribution is 0.0981. The van der Waals surface area contributed by atoms with Gasteiger partial charge in [0, 0.05) is 29.3 Å². The SMILES string of the molecule is Cc1cccc(F)c1NC(=O)c1cc2c(s1)-c1ccccc1N(C(=O)c1cccc(CCCO)n1)CC2. The molecule has 1 aliphatic heterocycles. The fourth-order valence-corrected chi connectivity index (χ4v) is 5.66. The van der Waals surface area contributed by atoms with Crippen molar-refractivity contribution in [3.05, 3.63) is 99.9 Å². The number of hydrogen-bond acceptors (Lipinski definition) is 5. The number of fused-ring (bicyclic) bond motifs is 3. The number of rotatable bonds is 6. The van der Waals surface area contributed by atoms with E-state index in [0.29, 0.717) is 41.9 Å². The zero-order chi connectivity index (χ0) is 25.9. The van der Waals surface area contributed by atoms with Crippen LogP contribution in [-0.4, -0.2) is 35.1 Å². The molecule has 4 aromatic rings. The Labute approximate surface area is 218 Å². The first-order valence-corrected chi connectivity index (χ1v) is 12.9. The largest absolute Gasteiger partial charge is 0.396 e. The van der Waals surface area contributed by atoms with Gasteiger partial charge in [0.15, 0.2) is 0 Å². The van der Waals surface area contributed by atoms with E-state index in [9.17, 15) is 14.0 Å². The predicted octanol–water partition coefficient (Wildman–Crippen LogP) is 5.64. The van der Waals surface area contributed by atoms with Crippen molar-refractivity contribution in [3.8, 4) is 10.4 Å². The molecule has 0 unspecified atom stereocenters. The Bertz CT molecular complexity index is 1460. The van der Waals surface area contributed by atoms with Crippen LogP contribution in [0.25, 0.3) is 10.4 Å². The molecule has 188 valence electrons. The zero-order valence-electron chi connectivity index (χ0n) is 20.3. The number of aliphatic hydroxyl groups excluding tert-OH is 1. The van der Waals surface area contributed by atoms with Gasteiger partial charge < -0.3 is 15.3 Å². The summed E-state index contributed by atoms with van der Waals surface area (Å²) >= 11 is 1.34. The number of aryl methyl sites for hydroxylation is 2. The van der Waals surface area contributed by atoms with Crippen molar-refractivity contribution in [1.29, 1.82) is 0 Å². The highest BCUT2D eigenvalue weighted by atomic mass is 32.1. The number of anilines is 2. The molecule has 0 atom stereocenters. The topological polar surface area (TPSA) is 82.5 Å². The van der Waals surface area contributed by atoms with Crippen LogP contribution in [0.4, 0.5) is 15.8 Å². The molecular weight excluding hydrogens is 489 g/mol. The van der Waals surface area contributed by atoms with Crippen molar-refractivity contribution in [1.82, 2.24) is 4.98 Å². The molecule has 2 aromatic heterocycles. The molecule has 2 N–H and O–H groups in total. The molecule has 37 heavy (non-hydrogen) atoms.